The van der Waals surface area contributed by atoms with Gasteiger partial charge in [0.05, 0.1) is 14.2 Å². The summed E-state index contributed by atoms with van der Waals surface area (Å²) in [5.74, 6) is 1.36. The van der Waals surface area contributed by atoms with Crippen molar-refractivity contribution >= 4 is 0 Å². The van der Waals surface area contributed by atoms with E-state index in [1.807, 2.05) is 24.3 Å². The molecule has 0 saturated heterocycles. The Hall–Kier alpha value is -2.10. The SMILES string of the molecule is COc1cccnc1-c1ncccc1OC. The molecular formula is C12H12N2O2. The van der Waals surface area contributed by atoms with Gasteiger partial charge in [-0.2, -0.15) is 0 Å². The Labute approximate surface area is 93.9 Å². The van der Waals surface area contributed by atoms with E-state index in [0.717, 1.165) is 0 Å². The molecule has 0 bridgehead atoms. The normalized spacial score (nSPS) is 9.88. The van der Waals surface area contributed by atoms with E-state index in [9.17, 15) is 0 Å². The molecule has 2 rings (SSSR count). The van der Waals surface area contributed by atoms with E-state index >= 15 is 0 Å². The van der Waals surface area contributed by atoms with E-state index in [4.69, 9.17) is 9.47 Å². The Kier molecular flexibility index (Phi) is 3.00. The standard InChI is InChI=1S/C12H12N2O2/c1-15-9-5-3-7-13-11(9)12-10(16-2)6-4-8-14-12/h3-8H,1-2H3. The van der Waals surface area contributed by atoms with E-state index < -0.39 is 0 Å². The summed E-state index contributed by atoms with van der Waals surface area (Å²) >= 11 is 0. The molecule has 0 aliphatic rings. The second-order valence-corrected chi connectivity index (χ2v) is 3.11. The van der Waals surface area contributed by atoms with Crippen LogP contribution in [0.2, 0.25) is 0 Å². The molecule has 0 amide bonds. The van der Waals surface area contributed by atoms with Crippen molar-refractivity contribution in [2.75, 3.05) is 14.2 Å². The highest BCUT2D eigenvalue weighted by atomic mass is 16.5. The van der Waals surface area contributed by atoms with E-state index in [-0.39, 0.29) is 0 Å². The van der Waals surface area contributed by atoms with Crippen molar-refractivity contribution in [2.45, 2.75) is 0 Å². The topological polar surface area (TPSA) is 44.2 Å². The average molecular weight is 216 g/mol. The Morgan fingerprint density at radius 1 is 0.812 bits per heavy atom. The van der Waals surface area contributed by atoms with Crippen molar-refractivity contribution in [1.82, 2.24) is 9.97 Å². The highest BCUT2D eigenvalue weighted by molar-refractivity contribution is 5.68. The lowest BCUT2D eigenvalue weighted by Crippen LogP contribution is -1.95. The fourth-order valence-corrected chi connectivity index (χ4v) is 1.47. The van der Waals surface area contributed by atoms with E-state index in [0.29, 0.717) is 22.9 Å². The molecule has 0 aromatic carbocycles. The summed E-state index contributed by atoms with van der Waals surface area (Å²) in [6.07, 6.45) is 3.40. The predicted molar refractivity (Wildman–Crippen MR) is 60.6 cm³/mol. The molecular weight excluding hydrogens is 204 g/mol. The molecule has 2 heterocycles. The summed E-state index contributed by atoms with van der Waals surface area (Å²) in [6.45, 7) is 0. The Morgan fingerprint density at radius 2 is 1.25 bits per heavy atom. The van der Waals surface area contributed by atoms with Crippen molar-refractivity contribution < 1.29 is 9.47 Å². The van der Waals surface area contributed by atoms with Crippen LogP contribution in [-0.4, -0.2) is 24.2 Å². The van der Waals surface area contributed by atoms with Crippen LogP contribution in [-0.2, 0) is 0 Å². The first kappa shape index (κ1) is 10.4. The zero-order valence-electron chi connectivity index (χ0n) is 9.18. The zero-order chi connectivity index (χ0) is 11.4. The van der Waals surface area contributed by atoms with Gasteiger partial charge in [0.25, 0.3) is 0 Å². The number of ether oxygens (including phenoxy) is 2. The molecule has 0 atom stereocenters. The predicted octanol–water partition coefficient (Wildman–Crippen LogP) is 2.16. The van der Waals surface area contributed by atoms with Gasteiger partial charge in [0.15, 0.2) is 0 Å². The Morgan fingerprint density at radius 3 is 1.62 bits per heavy atom. The van der Waals surface area contributed by atoms with Crippen LogP contribution in [0.5, 0.6) is 11.5 Å². The van der Waals surface area contributed by atoms with Gasteiger partial charge in [0, 0.05) is 12.4 Å². The first-order valence-corrected chi connectivity index (χ1v) is 4.85. The lowest BCUT2D eigenvalue weighted by molar-refractivity contribution is 0.407. The maximum Gasteiger partial charge on any atom is 0.146 e. The maximum absolute atomic E-state index is 5.24. The third kappa shape index (κ3) is 1.82. The summed E-state index contributed by atoms with van der Waals surface area (Å²) in [7, 11) is 3.21. The quantitative estimate of drug-likeness (QED) is 0.788. The molecule has 0 unspecified atom stereocenters. The van der Waals surface area contributed by atoms with Crippen LogP contribution < -0.4 is 9.47 Å². The van der Waals surface area contributed by atoms with E-state index in [2.05, 4.69) is 9.97 Å². The second-order valence-electron chi connectivity index (χ2n) is 3.11. The third-order valence-corrected chi connectivity index (χ3v) is 2.21. The minimum Gasteiger partial charge on any atom is -0.494 e. The molecule has 0 fully saturated rings. The van der Waals surface area contributed by atoms with Gasteiger partial charge in [-0.1, -0.05) is 0 Å². The highest BCUT2D eigenvalue weighted by Crippen LogP contribution is 2.31. The monoisotopic (exact) mass is 216 g/mol. The van der Waals surface area contributed by atoms with Crippen molar-refractivity contribution in [2.24, 2.45) is 0 Å². The molecule has 82 valence electrons. The minimum absolute atomic E-state index is 0.680. The van der Waals surface area contributed by atoms with Crippen LogP contribution in [0.25, 0.3) is 11.4 Å². The second kappa shape index (κ2) is 4.61. The summed E-state index contributed by atoms with van der Waals surface area (Å²) in [5.41, 5.74) is 1.37. The molecule has 16 heavy (non-hydrogen) atoms. The van der Waals surface area contributed by atoms with Gasteiger partial charge in [-0.3, -0.25) is 9.97 Å². The summed E-state index contributed by atoms with van der Waals surface area (Å²) in [4.78, 5) is 8.52. The van der Waals surface area contributed by atoms with E-state index in [1.54, 1.807) is 26.6 Å². The van der Waals surface area contributed by atoms with Crippen molar-refractivity contribution in [3.05, 3.63) is 36.7 Å². The highest BCUT2D eigenvalue weighted by Gasteiger charge is 2.12. The lowest BCUT2D eigenvalue weighted by atomic mass is 10.2. The fraction of sp³-hybridized carbons (Fsp3) is 0.167. The molecule has 0 aliphatic carbocycles. The number of nitrogens with zero attached hydrogens (tertiary/aromatic N) is 2. The maximum atomic E-state index is 5.24. The number of aromatic nitrogens is 2. The minimum atomic E-state index is 0.680. The Balaban J connectivity index is 2.58. The molecule has 0 spiro atoms. The molecule has 4 nitrogen and oxygen atoms in total. The Bertz CT molecular complexity index is 440. The lowest BCUT2D eigenvalue weighted by Gasteiger charge is -2.09. The molecule has 4 heteroatoms. The molecule has 0 aliphatic heterocycles. The number of rotatable bonds is 3. The fourth-order valence-electron chi connectivity index (χ4n) is 1.47. The van der Waals surface area contributed by atoms with Gasteiger partial charge in [-0.25, -0.2) is 0 Å². The van der Waals surface area contributed by atoms with Gasteiger partial charge in [-0.05, 0) is 24.3 Å². The van der Waals surface area contributed by atoms with Gasteiger partial charge in [-0.15, -0.1) is 0 Å². The van der Waals surface area contributed by atoms with Gasteiger partial charge >= 0.3 is 0 Å². The summed E-state index contributed by atoms with van der Waals surface area (Å²) in [5, 5.41) is 0. The van der Waals surface area contributed by atoms with Gasteiger partial charge < -0.3 is 9.47 Å². The van der Waals surface area contributed by atoms with Gasteiger partial charge in [0.1, 0.15) is 22.9 Å². The smallest absolute Gasteiger partial charge is 0.146 e. The van der Waals surface area contributed by atoms with Crippen molar-refractivity contribution in [3.63, 3.8) is 0 Å². The molecule has 0 radical (unpaired) electrons. The molecule has 0 saturated carbocycles. The number of methoxy groups -OCH3 is 2. The summed E-state index contributed by atoms with van der Waals surface area (Å²) < 4.78 is 10.5. The van der Waals surface area contributed by atoms with Crippen molar-refractivity contribution in [1.29, 1.82) is 0 Å². The zero-order valence-corrected chi connectivity index (χ0v) is 9.18. The van der Waals surface area contributed by atoms with Crippen LogP contribution in [0.4, 0.5) is 0 Å². The van der Waals surface area contributed by atoms with Crippen LogP contribution in [0, 0.1) is 0 Å². The van der Waals surface area contributed by atoms with Gasteiger partial charge in [0.2, 0.25) is 0 Å². The largest absolute Gasteiger partial charge is 0.494 e. The summed E-state index contributed by atoms with van der Waals surface area (Å²) in [6, 6.07) is 7.32. The van der Waals surface area contributed by atoms with E-state index in [1.165, 1.54) is 0 Å². The average Bonchev–Trinajstić information content (AvgIpc) is 2.38. The first-order chi connectivity index (χ1) is 7.86. The molecule has 0 N–H and O–H groups in total. The number of pyridine rings is 2. The van der Waals surface area contributed by atoms with Crippen LogP contribution in [0.15, 0.2) is 36.7 Å². The third-order valence-electron chi connectivity index (χ3n) is 2.21. The molecule has 2 aromatic rings. The number of hydrogen-bond acceptors (Lipinski definition) is 4. The van der Waals surface area contributed by atoms with Crippen LogP contribution in [0.3, 0.4) is 0 Å². The number of hydrogen-bond donors (Lipinski definition) is 0. The molecule has 2 aromatic heterocycles. The first-order valence-electron chi connectivity index (χ1n) is 4.85. The van der Waals surface area contributed by atoms with Crippen LogP contribution in [0.1, 0.15) is 0 Å². The van der Waals surface area contributed by atoms with Crippen LogP contribution >= 0.6 is 0 Å². The van der Waals surface area contributed by atoms with Crippen molar-refractivity contribution in [3.8, 4) is 22.9 Å².